The number of aromatic nitrogens is 1. The minimum atomic E-state index is -0.545. The number of pyridine rings is 1. The van der Waals surface area contributed by atoms with Crippen LogP contribution in [-0.2, 0) is 4.79 Å². The summed E-state index contributed by atoms with van der Waals surface area (Å²) >= 11 is 5.78. The van der Waals surface area contributed by atoms with E-state index in [9.17, 15) is 9.90 Å². The number of carbonyl (C=O) groups is 1. The van der Waals surface area contributed by atoms with E-state index in [1.807, 2.05) is 0 Å². The molecule has 1 amide bonds. The van der Waals surface area contributed by atoms with E-state index < -0.39 is 6.10 Å². The first-order valence-electron chi connectivity index (χ1n) is 8.01. The molecule has 5 nitrogen and oxygen atoms in total. The van der Waals surface area contributed by atoms with Gasteiger partial charge in [-0.25, -0.2) is 4.98 Å². The fraction of sp³-hybridized carbons (Fsp3) is 0.529. The molecule has 0 spiro atoms. The summed E-state index contributed by atoms with van der Waals surface area (Å²) in [5, 5.41) is 13.1. The zero-order chi connectivity index (χ0) is 16.7. The third-order valence-electron chi connectivity index (χ3n) is 4.03. The molecule has 1 fully saturated rings. The highest BCUT2D eigenvalue weighted by Crippen LogP contribution is 2.15. The molecule has 1 aromatic rings. The van der Waals surface area contributed by atoms with Gasteiger partial charge in [0.05, 0.1) is 6.10 Å². The van der Waals surface area contributed by atoms with Crippen molar-refractivity contribution in [2.45, 2.75) is 25.9 Å². The van der Waals surface area contributed by atoms with Crippen LogP contribution in [-0.4, -0.2) is 53.2 Å². The molecule has 1 saturated heterocycles. The summed E-state index contributed by atoms with van der Waals surface area (Å²) < 4.78 is 0. The van der Waals surface area contributed by atoms with Gasteiger partial charge in [-0.1, -0.05) is 18.5 Å². The van der Waals surface area contributed by atoms with E-state index in [1.165, 1.54) is 18.9 Å². The molecule has 0 saturated carbocycles. The fourth-order valence-electron chi connectivity index (χ4n) is 2.58. The monoisotopic (exact) mass is 337 g/mol. The standard InChI is InChI=1S/C17H24ClN3O2/c1-13-5-8-21(9-6-13)12-15(22)11-20-17(23)3-2-14-4-7-19-16(18)10-14/h2-4,7,10,13,15,22H,5-6,8-9,11-12H2,1H3,(H,20,23)/b3-2+. The van der Waals surface area contributed by atoms with Crippen molar-refractivity contribution in [3.63, 3.8) is 0 Å². The maximum atomic E-state index is 11.8. The molecule has 0 aromatic carbocycles. The van der Waals surface area contributed by atoms with Crippen LogP contribution < -0.4 is 5.32 Å². The third kappa shape index (κ3) is 6.69. The Bertz CT molecular complexity index is 542. The van der Waals surface area contributed by atoms with Crippen molar-refractivity contribution in [1.29, 1.82) is 0 Å². The summed E-state index contributed by atoms with van der Waals surface area (Å²) in [5.74, 6) is 0.541. The molecule has 6 heteroatoms. The molecule has 1 unspecified atom stereocenters. The van der Waals surface area contributed by atoms with Crippen molar-refractivity contribution in [2.24, 2.45) is 5.92 Å². The summed E-state index contributed by atoms with van der Waals surface area (Å²) in [6.45, 7) is 5.17. The molecule has 2 N–H and O–H groups in total. The Morgan fingerprint density at radius 2 is 2.30 bits per heavy atom. The van der Waals surface area contributed by atoms with Gasteiger partial charge in [-0.3, -0.25) is 4.79 Å². The number of nitrogens with one attached hydrogen (secondary N) is 1. The number of aliphatic hydroxyl groups is 1. The number of aliphatic hydroxyl groups excluding tert-OH is 1. The van der Waals surface area contributed by atoms with E-state index in [4.69, 9.17) is 11.6 Å². The molecule has 1 atom stereocenters. The number of hydrogen-bond acceptors (Lipinski definition) is 4. The number of amides is 1. The Morgan fingerprint density at radius 3 is 3.00 bits per heavy atom. The molecule has 0 bridgehead atoms. The van der Waals surface area contributed by atoms with Crippen molar-refractivity contribution in [3.05, 3.63) is 35.1 Å². The molecule has 126 valence electrons. The Kier molecular flexibility index (Phi) is 7.02. The maximum absolute atomic E-state index is 11.8. The molecule has 0 aliphatic carbocycles. The highest BCUT2D eigenvalue weighted by Gasteiger charge is 2.18. The predicted octanol–water partition coefficient (Wildman–Crippen LogP) is 1.96. The molecule has 1 aliphatic rings. The number of nitrogens with zero attached hydrogens (tertiary/aromatic N) is 2. The van der Waals surface area contributed by atoms with Gasteiger partial charge in [0.1, 0.15) is 5.15 Å². The van der Waals surface area contributed by atoms with E-state index in [1.54, 1.807) is 24.4 Å². The number of rotatable bonds is 6. The first-order valence-corrected chi connectivity index (χ1v) is 8.38. The zero-order valence-corrected chi connectivity index (χ0v) is 14.2. The lowest BCUT2D eigenvalue weighted by molar-refractivity contribution is -0.116. The van der Waals surface area contributed by atoms with Crippen LogP contribution in [0.5, 0.6) is 0 Å². The van der Waals surface area contributed by atoms with E-state index >= 15 is 0 Å². The molecule has 2 rings (SSSR count). The summed E-state index contributed by atoms with van der Waals surface area (Å²) in [6.07, 6.45) is 6.49. The highest BCUT2D eigenvalue weighted by atomic mass is 35.5. The Morgan fingerprint density at radius 1 is 1.57 bits per heavy atom. The van der Waals surface area contributed by atoms with E-state index in [0.29, 0.717) is 11.7 Å². The first-order chi connectivity index (χ1) is 11.0. The summed E-state index contributed by atoms with van der Waals surface area (Å²) in [6, 6.07) is 3.44. The van der Waals surface area contributed by atoms with Crippen molar-refractivity contribution in [2.75, 3.05) is 26.2 Å². The van der Waals surface area contributed by atoms with Crippen molar-refractivity contribution in [1.82, 2.24) is 15.2 Å². The third-order valence-corrected chi connectivity index (χ3v) is 4.24. The van der Waals surface area contributed by atoms with Gasteiger partial charge in [0.25, 0.3) is 0 Å². The lowest BCUT2D eigenvalue weighted by atomic mass is 9.99. The van der Waals surface area contributed by atoms with Gasteiger partial charge in [0, 0.05) is 25.4 Å². The van der Waals surface area contributed by atoms with Crippen LogP contribution >= 0.6 is 11.6 Å². The van der Waals surface area contributed by atoms with Crippen molar-refractivity contribution >= 4 is 23.6 Å². The van der Waals surface area contributed by atoms with Crippen LogP contribution in [0.1, 0.15) is 25.3 Å². The average Bonchev–Trinajstić information content (AvgIpc) is 2.53. The van der Waals surface area contributed by atoms with Crippen LogP contribution in [0.2, 0.25) is 5.15 Å². The second-order valence-corrected chi connectivity index (χ2v) is 6.51. The minimum Gasteiger partial charge on any atom is -0.390 e. The van der Waals surface area contributed by atoms with Crippen molar-refractivity contribution in [3.8, 4) is 0 Å². The van der Waals surface area contributed by atoms with Crippen LogP contribution in [0, 0.1) is 5.92 Å². The first kappa shape index (κ1) is 17.9. The highest BCUT2D eigenvalue weighted by molar-refractivity contribution is 6.29. The Labute approximate surface area is 142 Å². The van der Waals surface area contributed by atoms with Gasteiger partial charge in [0.15, 0.2) is 0 Å². The van der Waals surface area contributed by atoms with Crippen LogP contribution in [0.3, 0.4) is 0 Å². The minimum absolute atomic E-state index is 0.232. The summed E-state index contributed by atoms with van der Waals surface area (Å²) in [5.41, 5.74) is 0.808. The lowest BCUT2D eigenvalue weighted by Crippen LogP contribution is -2.42. The number of likely N-dealkylation sites (tertiary alicyclic amines) is 1. The topological polar surface area (TPSA) is 65.5 Å². The average molecular weight is 338 g/mol. The fourth-order valence-corrected chi connectivity index (χ4v) is 2.76. The van der Waals surface area contributed by atoms with Gasteiger partial charge in [-0.15, -0.1) is 0 Å². The van der Waals surface area contributed by atoms with Crippen LogP contribution in [0.4, 0.5) is 0 Å². The number of hydrogen-bond donors (Lipinski definition) is 2. The van der Waals surface area contributed by atoms with E-state index in [2.05, 4.69) is 22.1 Å². The quantitative estimate of drug-likeness (QED) is 0.615. The van der Waals surface area contributed by atoms with Gasteiger partial charge >= 0.3 is 0 Å². The number of halogens is 1. The number of β-amino-alcohol motifs (C(OH)–C–C–N with tert-alkyl or cyclic N) is 1. The molecular formula is C17H24ClN3O2. The molecule has 1 aliphatic heterocycles. The second-order valence-electron chi connectivity index (χ2n) is 6.13. The zero-order valence-electron chi connectivity index (χ0n) is 13.4. The van der Waals surface area contributed by atoms with Gasteiger partial charge in [-0.2, -0.15) is 0 Å². The van der Waals surface area contributed by atoms with E-state index in [-0.39, 0.29) is 12.5 Å². The van der Waals surface area contributed by atoms with Gasteiger partial charge < -0.3 is 15.3 Å². The molecule has 0 radical (unpaired) electrons. The van der Waals surface area contributed by atoms with E-state index in [0.717, 1.165) is 24.6 Å². The lowest BCUT2D eigenvalue weighted by Gasteiger charge is -2.31. The van der Waals surface area contributed by atoms with Gasteiger partial charge in [-0.05, 0) is 55.6 Å². The normalized spacial score (nSPS) is 18.2. The number of carbonyl (C=O) groups excluding carboxylic acids is 1. The molecule has 1 aromatic heterocycles. The summed E-state index contributed by atoms with van der Waals surface area (Å²) in [7, 11) is 0. The Hall–Kier alpha value is -1.43. The SMILES string of the molecule is CC1CCN(CC(O)CNC(=O)/C=C/c2ccnc(Cl)c2)CC1. The smallest absolute Gasteiger partial charge is 0.244 e. The van der Waals surface area contributed by atoms with Crippen LogP contribution in [0.25, 0.3) is 6.08 Å². The molecule has 23 heavy (non-hydrogen) atoms. The molecule has 2 heterocycles. The Balaban J connectivity index is 1.69. The maximum Gasteiger partial charge on any atom is 0.244 e. The molecular weight excluding hydrogens is 314 g/mol. The van der Waals surface area contributed by atoms with Gasteiger partial charge in [0.2, 0.25) is 5.91 Å². The summed E-state index contributed by atoms with van der Waals surface area (Å²) in [4.78, 5) is 17.9. The van der Waals surface area contributed by atoms with Crippen molar-refractivity contribution < 1.29 is 9.90 Å². The largest absolute Gasteiger partial charge is 0.390 e. The van der Waals surface area contributed by atoms with Crippen LogP contribution in [0.15, 0.2) is 24.4 Å². The number of piperidine rings is 1. The predicted molar refractivity (Wildman–Crippen MR) is 92.1 cm³/mol. The second kappa shape index (κ2) is 9.01.